The van der Waals surface area contributed by atoms with Gasteiger partial charge in [0.15, 0.2) is 0 Å². The summed E-state index contributed by atoms with van der Waals surface area (Å²) in [6.07, 6.45) is 1.35. The highest BCUT2D eigenvalue weighted by Crippen LogP contribution is 2.09. The van der Waals surface area contributed by atoms with Crippen LogP contribution in [-0.2, 0) is 11.3 Å². The number of hydrogen-bond donors (Lipinski definition) is 2. The van der Waals surface area contributed by atoms with E-state index in [4.69, 9.17) is 16.2 Å². The fourth-order valence-corrected chi connectivity index (χ4v) is 0.941. The lowest BCUT2D eigenvalue weighted by Gasteiger charge is -2.02. The molecule has 0 aliphatic carbocycles. The van der Waals surface area contributed by atoms with Gasteiger partial charge in [0, 0.05) is 7.11 Å². The zero-order valence-electron chi connectivity index (χ0n) is 7.36. The van der Waals surface area contributed by atoms with Crippen molar-refractivity contribution in [3.8, 4) is 0 Å². The molecule has 0 fully saturated rings. The zero-order chi connectivity index (χ0) is 9.84. The average molecular weight is 184 g/mol. The smallest absolute Gasteiger partial charge is 0.254 e. The Morgan fingerprint density at radius 2 is 2.46 bits per heavy atom. The molecule has 0 unspecified atom stereocenters. The fourth-order valence-electron chi connectivity index (χ4n) is 0.941. The van der Waals surface area contributed by atoms with Crippen molar-refractivity contribution in [2.24, 2.45) is 5.73 Å². The maximum absolute atomic E-state index is 10.8. The van der Waals surface area contributed by atoms with Crippen LogP contribution < -0.4 is 11.5 Å². The maximum Gasteiger partial charge on any atom is 0.254 e. The Bertz CT molecular complexity index is 307. The molecule has 13 heavy (non-hydrogen) atoms. The number of ether oxygens (including phenoxy) is 1. The molecule has 1 rings (SSSR count). The van der Waals surface area contributed by atoms with E-state index in [-0.39, 0.29) is 11.4 Å². The number of anilines is 1. The molecule has 0 radical (unpaired) electrons. The van der Waals surface area contributed by atoms with Gasteiger partial charge in [0.05, 0.1) is 19.3 Å². The predicted octanol–water partition coefficient (Wildman–Crippen LogP) is -0.789. The summed E-state index contributed by atoms with van der Waals surface area (Å²) in [5.41, 5.74) is 10.9. The number of nitrogens with two attached hydrogens (primary N) is 2. The van der Waals surface area contributed by atoms with Gasteiger partial charge in [-0.1, -0.05) is 0 Å². The molecular formula is C7H12N4O2. The molecule has 0 bridgehead atoms. The second kappa shape index (κ2) is 3.90. The van der Waals surface area contributed by atoms with Crippen molar-refractivity contribution in [2.45, 2.75) is 6.54 Å². The van der Waals surface area contributed by atoms with E-state index in [1.165, 1.54) is 10.9 Å². The Morgan fingerprint density at radius 1 is 1.77 bits per heavy atom. The third kappa shape index (κ3) is 1.97. The molecule has 0 saturated heterocycles. The maximum atomic E-state index is 10.8. The molecule has 6 nitrogen and oxygen atoms in total. The molecule has 0 atom stereocenters. The molecule has 6 heteroatoms. The van der Waals surface area contributed by atoms with Crippen molar-refractivity contribution in [3.63, 3.8) is 0 Å². The topological polar surface area (TPSA) is 96.2 Å². The number of nitrogens with zero attached hydrogens (tertiary/aromatic N) is 2. The summed E-state index contributed by atoms with van der Waals surface area (Å²) in [6.45, 7) is 1.000. The third-order valence-corrected chi connectivity index (χ3v) is 1.65. The first kappa shape index (κ1) is 9.53. The molecule has 0 aromatic carbocycles. The van der Waals surface area contributed by atoms with Gasteiger partial charge < -0.3 is 16.2 Å². The molecule has 0 aliphatic rings. The summed E-state index contributed by atoms with van der Waals surface area (Å²) in [7, 11) is 1.58. The van der Waals surface area contributed by atoms with Gasteiger partial charge in [0.25, 0.3) is 5.91 Å². The number of carbonyl (C=O) groups excluding carboxylic acids is 1. The van der Waals surface area contributed by atoms with E-state index in [1.54, 1.807) is 7.11 Å². The van der Waals surface area contributed by atoms with Crippen molar-refractivity contribution >= 4 is 11.7 Å². The molecule has 4 N–H and O–H groups in total. The van der Waals surface area contributed by atoms with E-state index >= 15 is 0 Å². The van der Waals surface area contributed by atoms with Crippen LogP contribution >= 0.6 is 0 Å². The van der Waals surface area contributed by atoms with Crippen LogP contribution in [0.3, 0.4) is 0 Å². The van der Waals surface area contributed by atoms with Crippen LogP contribution in [-0.4, -0.2) is 29.4 Å². The SMILES string of the molecule is COCCn1ncc(C(N)=O)c1N. The van der Waals surface area contributed by atoms with Gasteiger partial charge in [-0.25, -0.2) is 4.68 Å². The number of nitrogen functional groups attached to an aromatic ring is 1. The van der Waals surface area contributed by atoms with Crippen molar-refractivity contribution in [3.05, 3.63) is 11.8 Å². The van der Waals surface area contributed by atoms with Crippen LogP contribution in [0.1, 0.15) is 10.4 Å². The molecule has 1 amide bonds. The Hall–Kier alpha value is -1.56. The summed E-state index contributed by atoms with van der Waals surface area (Å²) in [6, 6.07) is 0. The molecule has 1 aromatic heterocycles. The molecular weight excluding hydrogens is 172 g/mol. The lowest BCUT2D eigenvalue weighted by molar-refractivity contribution is 0.100. The van der Waals surface area contributed by atoms with Crippen molar-refractivity contribution in [1.82, 2.24) is 9.78 Å². The van der Waals surface area contributed by atoms with Gasteiger partial charge in [-0.2, -0.15) is 5.10 Å². The quantitative estimate of drug-likeness (QED) is 0.641. The monoisotopic (exact) mass is 184 g/mol. The van der Waals surface area contributed by atoms with Crippen LogP contribution in [0.25, 0.3) is 0 Å². The van der Waals surface area contributed by atoms with Crippen LogP contribution in [0, 0.1) is 0 Å². The van der Waals surface area contributed by atoms with E-state index in [1.807, 2.05) is 0 Å². The van der Waals surface area contributed by atoms with E-state index in [0.29, 0.717) is 13.2 Å². The standard InChI is InChI=1S/C7H12N4O2/c1-13-3-2-11-6(8)5(4-10-11)7(9)12/h4H,2-3,8H2,1H3,(H2,9,12). The first-order valence-electron chi connectivity index (χ1n) is 3.77. The Morgan fingerprint density at radius 3 is 2.92 bits per heavy atom. The molecule has 72 valence electrons. The number of methoxy groups -OCH3 is 1. The summed E-state index contributed by atoms with van der Waals surface area (Å²) in [4.78, 5) is 10.8. The second-order valence-electron chi connectivity index (χ2n) is 2.52. The zero-order valence-corrected chi connectivity index (χ0v) is 7.36. The number of rotatable bonds is 4. The van der Waals surface area contributed by atoms with Crippen LogP contribution in [0.2, 0.25) is 0 Å². The number of primary amides is 1. The van der Waals surface area contributed by atoms with Gasteiger partial charge >= 0.3 is 0 Å². The summed E-state index contributed by atoms with van der Waals surface area (Å²) in [5.74, 6) is -0.286. The minimum atomic E-state index is -0.568. The minimum Gasteiger partial charge on any atom is -0.383 e. The van der Waals surface area contributed by atoms with E-state index in [0.717, 1.165) is 0 Å². The van der Waals surface area contributed by atoms with Crippen molar-refractivity contribution in [2.75, 3.05) is 19.5 Å². The van der Waals surface area contributed by atoms with Gasteiger partial charge in [-0.15, -0.1) is 0 Å². The van der Waals surface area contributed by atoms with E-state index in [9.17, 15) is 4.79 Å². The Kier molecular flexibility index (Phi) is 2.86. The lowest BCUT2D eigenvalue weighted by Crippen LogP contribution is -2.14. The van der Waals surface area contributed by atoms with Gasteiger partial charge in [0.2, 0.25) is 0 Å². The highest BCUT2D eigenvalue weighted by Gasteiger charge is 2.11. The highest BCUT2D eigenvalue weighted by atomic mass is 16.5. The summed E-state index contributed by atoms with van der Waals surface area (Å²) >= 11 is 0. The van der Waals surface area contributed by atoms with Crippen LogP contribution in [0.4, 0.5) is 5.82 Å². The van der Waals surface area contributed by atoms with Crippen molar-refractivity contribution < 1.29 is 9.53 Å². The highest BCUT2D eigenvalue weighted by molar-refractivity contribution is 5.96. The molecule has 1 aromatic rings. The average Bonchev–Trinajstić information content (AvgIpc) is 2.43. The first-order valence-corrected chi connectivity index (χ1v) is 3.77. The second-order valence-corrected chi connectivity index (χ2v) is 2.52. The number of amides is 1. The minimum absolute atomic E-state index is 0.246. The molecule has 0 aliphatic heterocycles. The molecule has 0 spiro atoms. The Balaban J connectivity index is 2.80. The number of aromatic nitrogens is 2. The number of hydrogen-bond acceptors (Lipinski definition) is 4. The largest absolute Gasteiger partial charge is 0.383 e. The predicted molar refractivity (Wildman–Crippen MR) is 47.0 cm³/mol. The van der Waals surface area contributed by atoms with E-state index < -0.39 is 5.91 Å². The van der Waals surface area contributed by atoms with Crippen LogP contribution in [0.15, 0.2) is 6.20 Å². The van der Waals surface area contributed by atoms with Gasteiger partial charge in [-0.05, 0) is 0 Å². The van der Waals surface area contributed by atoms with Crippen molar-refractivity contribution in [1.29, 1.82) is 0 Å². The first-order chi connectivity index (χ1) is 6.16. The van der Waals surface area contributed by atoms with Gasteiger partial charge in [-0.3, -0.25) is 4.79 Å². The van der Waals surface area contributed by atoms with E-state index in [2.05, 4.69) is 5.10 Å². The van der Waals surface area contributed by atoms with Gasteiger partial charge in [0.1, 0.15) is 11.4 Å². The normalized spacial score (nSPS) is 10.2. The Labute approximate surface area is 75.5 Å². The third-order valence-electron chi connectivity index (χ3n) is 1.65. The molecule has 0 saturated carbocycles. The molecule has 1 heterocycles. The summed E-state index contributed by atoms with van der Waals surface area (Å²) < 4.78 is 6.31. The lowest BCUT2D eigenvalue weighted by atomic mass is 10.3. The van der Waals surface area contributed by atoms with Crippen LogP contribution in [0.5, 0.6) is 0 Å². The summed E-state index contributed by atoms with van der Waals surface area (Å²) in [5, 5.41) is 3.89. The fraction of sp³-hybridized carbons (Fsp3) is 0.429. The number of carbonyl (C=O) groups is 1.